The largest absolute Gasteiger partial charge is 0.490 e. The summed E-state index contributed by atoms with van der Waals surface area (Å²) in [6, 6.07) is 13.9. The van der Waals surface area contributed by atoms with Crippen LogP contribution in [0, 0.1) is 0 Å². The molecule has 0 unspecified atom stereocenters. The molecule has 2 nitrogen and oxygen atoms in total. The number of hydrogen-bond acceptors (Lipinski definition) is 2. The van der Waals surface area contributed by atoms with Crippen molar-refractivity contribution in [1.29, 1.82) is 0 Å². The van der Waals surface area contributed by atoms with E-state index in [1.807, 2.05) is 18.2 Å². The Morgan fingerprint density at radius 3 is 2.58 bits per heavy atom. The zero-order valence-electron chi connectivity index (χ0n) is 10.4. The Labute approximate surface area is 126 Å². The molecule has 2 rings (SSSR count). The number of ether oxygens (including phenoxy) is 1. The van der Waals surface area contributed by atoms with E-state index in [1.165, 1.54) is 5.56 Å². The van der Waals surface area contributed by atoms with Crippen LogP contribution in [0.25, 0.3) is 0 Å². The SMILES string of the molecule is Nc1cc(Br)cc(Cl)c1OCCCc1ccccc1. The van der Waals surface area contributed by atoms with E-state index in [0.29, 0.717) is 23.1 Å². The minimum Gasteiger partial charge on any atom is -0.490 e. The van der Waals surface area contributed by atoms with Crippen LogP contribution in [0.15, 0.2) is 46.9 Å². The number of rotatable bonds is 5. The molecule has 4 heteroatoms. The van der Waals surface area contributed by atoms with Crippen LogP contribution in [-0.4, -0.2) is 6.61 Å². The van der Waals surface area contributed by atoms with E-state index in [-0.39, 0.29) is 0 Å². The number of benzene rings is 2. The molecule has 0 bridgehead atoms. The highest BCUT2D eigenvalue weighted by Gasteiger charge is 2.07. The van der Waals surface area contributed by atoms with Gasteiger partial charge in [-0.2, -0.15) is 0 Å². The van der Waals surface area contributed by atoms with Crippen LogP contribution >= 0.6 is 27.5 Å². The Morgan fingerprint density at radius 2 is 1.89 bits per heavy atom. The van der Waals surface area contributed by atoms with Crippen molar-refractivity contribution in [3.63, 3.8) is 0 Å². The molecule has 2 aromatic carbocycles. The van der Waals surface area contributed by atoms with Crippen LogP contribution in [0.2, 0.25) is 5.02 Å². The van der Waals surface area contributed by atoms with Gasteiger partial charge < -0.3 is 10.5 Å². The van der Waals surface area contributed by atoms with Crippen molar-refractivity contribution < 1.29 is 4.74 Å². The van der Waals surface area contributed by atoms with E-state index in [9.17, 15) is 0 Å². The van der Waals surface area contributed by atoms with Gasteiger partial charge in [-0.3, -0.25) is 0 Å². The molecule has 2 aromatic rings. The molecule has 0 saturated heterocycles. The van der Waals surface area contributed by atoms with Gasteiger partial charge >= 0.3 is 0 Å². The Hall–Kier alpha value is -1.19. The molecule has 0 atom stereocenters. The van der Waals surface area contributed by atoms with Gasteiger partial charge in [-0.05, 0) is 30.5 Å². The van der Waals surface area contributed by atoms with Crippen molar-refractivity contribution in [3.8, 4) is 5.75 Å². The fourth-order valence-corrected chi connectivity index (χ4v) is 2.72. The third-order valence-electron chi connectivity index (χ3n) is 2.74. The maximum Gasteiger partial charge on any atom is 0.160 e. The monoisotopic (exact) mass is 339 g/mol. The molecule has 0 aliphatic carbocycles. The molecule has 0 heterocycles. The van der Waals surface area contributed by atoms with Gasteiger partial charge in [0.25, 0.3) is 0 Å². The highest BCUT2D eigenvalue weighted by atomic mass is 79.9. The number of anilines is 1. The van der Waals surface area contributed by atoms with E-state index in [0.717, 1.165) is 17.3 Å². The molecule has 0 saturated carbocycles. The molecule has 0 amide bonds. The number of hydrogen-bond donors (Lipinski definition) is 1. The second-order valence-electron chi connectivity index (χ2n) is 4.24. The van der Waals surface area contributed by atoms with Gasteiger partial charge in [0, 0.05) is 4.47 Å². The lowest BCUT2D eigenvalue weighted by molar-refractivity contribution is 0.313. The average molecular weight is 341 g/mol. The molecule has 0 radical (unpaired) electrons. The Balaban J connectivity index is 1.86. The zero-order chi connectivity index (χ0) is 13.7. The topological polar surface area (TPSA) is 35.2 Å². The molecular weight excluding hydrogens is 326 g/mol. The van der Waals surface area contributed by atoms with Gasteiger partial charge in [-0.25, -0.2) is 0 Å². The van der Waals surface area contributed by atoms with E-state index >= 15 is 0 Å². The molecule has 19 heavy (non-hydrogen) atoms. The standard InChI is InChI=1S/C15H15BrClNO/c16-12-9-13(17)15(14(18)10-12)19-8-4-7-11-5-2-1-3-6-11/h1-3,5-6,9-10H,4,7-8,18H2. The van der Waals surface area contributed by atoms with E-state index < -0.39 is 0 Å². The van der Waals surface area contributed by atoms with Crippen molar-refractivity contribution >= 4 is 33.2 Å². The van der Waals surface area contributed by atoms with Crippen molar-refractivity contribution in [3.05, 3.63) is 57.5 Å². The summed E-state index contributed by atoms with van der Waals surface area (Å²) in [5, 5.41) is 0.534. The molecule has 2 N–H and O–H groups in total. The van der Waals surface area contributed by atoms with E-state index in [4.69, 9.17) is 22.1 Å². The number of halogens is 2. The summed E-state index contributed by atoms with van der Waals surface area (Å²) >= 11 is 9.44. The molecular formula is C15H15BrClNO. The number of nitrogen functional groups attached to an aromatic ring is 1. The van der Waals surface area contributed by atoms with Crippen LogP contribution in [-0.2, 0) is 6.42 Å². The van der Waals surface area contributed by atoms with Crippen LogP contribution in [0.1, 0.15) is 12.0 Å². The van der Waals surface area contributed by atoms with Crippen LogP contribution in [0.4, 0.5) is 5.69 Å². The first-order valence-electron chi connectivity index (χ1n) is 6.08. The van der Waals surface area contributed by atoms with Crippen LogP contribution in [0.3, 0.4) is 0 Å². The average Bonchev–Trinajstić information content (AvgIpc) is 2.38. The van der Waals surface area contributed by atoms with Gasteiger partial charge in [0.15, 0.2) is 5.75 Å². The second kappa shape index (κ2) is 6.83. The number of nitrogens with two attached hydrogens (primary N) is 1. The van der Waals surface area contributed by atoms with Crippen LogP contribution < -0.4 is 10.5 Å². The summed E-state index contributed by atoms with van der Waals surface area (Å²) in [6.07, 6.45) is 1.91. The Morgan fingerprint density at radius 1 is 1.16 bits per heavy atom. The van der Waals surface area contributed by atoms with Crippen molar-refractivity contribution in [2.24, 2.45) is 0 Å². The highest BCUT2D eigenvalue weighted by Crippen LogP contribution is 2.34. The summed E-state index contributed by atoms with van der Waals surface area (Å²) in [4.78, 5) is 0. The predicted octanol–water partition coefficient (Wildman–Crippen LogP) is 4.70. The fraction of sp³-hybridized carbons (Fsp3) is 0.200. The third kappa shape index (κ3) is 4.15. The van der Waals surface area contributed by atoms with Gasteiger partial charge in [0.05, 0.1) is 17.3 Å². The molecule has 100 valence electrons. The van der Waals surface area contributed by atoms with E-state index in [1.54, 1.807) is 12.1 Å². The summed E-state index contributed by atoms with van der Waals surface area (Å²) in [6.45, 7) is 0.598. The smallest absolute Gasteiger partial charge is 0.160 e. The highest BCUT2D eigenvalue weighted by molar-refractivity contribution is 9.10. The van der Waals surface area contributed by atoms with Gasteiger partial charge in [-0.1, -0.05) is 57.9 Å². The number of aryl methyl sites for hydroxylation is 1. The molecule has 0 aliphatic rings. The minimum absolute atomic E-state index is 0.534. The molecule has 0 spiro atoms. The van der Waals surface area contributed by atoms with Gasteiger partial charge in [0.2, 0.25) is 0 Å². The third-order valence-corrected chi connectivity index (χ3v) is 3.47. The quantitative estimate of drug-likeness (QED) is 0.632. The fourth-order valence-electron chi connectivity index (χ4n) is 1.83. The summed E-state index contributed by atoms with van der Waals surface area (Å²) < 4.78 is 6.52. The Kier molecular flexibility index (Phi) is 5.11. The molecule has 0 aromatic heterocycles. The van der Waals surface area contributed by atoms with Gasteiger partial charge in [-0.15, -0.1) is 0 Å². The first kappa shape index (κ1) is 14.2. The summed E-state index contributed by atoms with van der Waals surface area (Å²) in [5.41, 5.74) is 7.74. The lowest BCUT2D eigenvalue weighted by Gasteiger charge is -2.11. The molecule has 0 aliphatic heterocycles. The van der Waals surface area contributed by atoms with E-state index in [2.05, 4.69) is 28.1 Å². The lowest BCUT2D eigenvalue weighted by Crippen LogP contribution is -2.02. The van der Waals surface area contributed by atoms with Crippen molar-refractivity contribution in [1.82, 2.24) is 0 Å². The Bertz CT molecular complexity index is 522. The molecule has 0 fully saturated rings. The predicted molar refractivity (Wildman–Crippen MR) is 83.8 cm³/mol. The van der Waals surface area contributed by atoms with Crippen LogP contribution in [0.5, 0.6) is 5.75 Å². The minimum atomic E-state index is 0.534. The van der Waals surface area contributed by atoms with Crippen molar-refractivity contribution in [2.45, 2.75) is 12.8 Å². The summed E-state index contributed by atoms with van der Waals surface area (Å²) in [7, 11) is 0. The lowest BCUT2D eigenvalue weighted by atomic mass is 10.1. The summed E-state index contributed by atoms with van der Waals surface area (Å²) in [5.74, 6) is 0.568. The normalized spacial score (nSPS) is 10.4. The maximum absolute atomic E-state index is 6.10. The maximum atomic E-state index is 6.10. The zero-order valence-corrected chi connectivity index (χ0v) is 12.7. The first-order chi connectivity index (χ1) is 9.16. The van der Waals surface area contributed by atoms with Crippen molar-refractivity contribution in [2.75, 3.05) is 12.3 Å². The second-order valence-corrected chi connectivity index (χ2v) is 5.57. The first-order valence-corrected chi connectivity index (χ1v) is 7.25. The van der Waals surface area contributed by atoms with Gasteiger partial charge in [0.1, 0.15) is 0 Å².